The zero-order chi connectivity index (χ0) is 22.6. The lowest BCUT2D eigenvalue weighted by Gasteiger charge is -2.39. The van der Waals surface area contributed by atoms with Crippen LogP contribution < -0.4 is 4.90 Å². The maximum absolute atomic E-state index is 13.4. The first kappa shape index (κ1) is 22.0. The molecule has 2 aliphatic heterocycles. The summed E-state index contributed by atoms with van der Waals surface area (Å²) in [6, 6.07) is 10.7. The van der Waals surface area contributed by atoms with Crippen LogP contribution in [0, 0.1) is 6.92 Å². The number of sulfonamides is 1. The van der Waals surface area contributed by atoms with Crippen molar-refractivity contribution in [1.82, 2.24) is 4.31 Å². The van der Waals surface area contributed by atoms with Crippen molar-refractivity contribution in [1.29, 1.82) is 0 Å². The minimum atomic E-state index is -3.64. The van der Waals surface area contributed by atoms with Crippen LogP contribution in [-0.4, -0.2) is 37.9 Å². The van der Waals surface area contributed by atoms with E-state index in [9.17, 15) is 13.2 Å². The second kappa shape index (κ2) is 8.18. The first-order chi connectivity index (χ1) is 15.3. The number of nitrogens with zero attached hydrogens (tertiary/aromatic N) is 2. The van der Waals surface area contributed by atoms with Gasteiger partial charge in [-0.05, 0) is 67.1 Å². The fourth-order valence-electron chi connectivity index (χ4n) is 4.43. The third-order valence-corrected chi connectivity index (χ3v) is 10.3. The maximum atomic E-state index is 13.4. The van der Waals surface area contributed by atoms with E-state index in [1.165, 1.54) is 15.6 Å². The predicted octanol–water partition coefficient (Wildman–Crippen LogP) is 5.83. The van der Waals surface area contributed by atoms with Crippen LogP contribution in [0.25, 0.3) is 10.1 Å². The number of cyclic esters (lactones) is 1. The van der Waals surface area contributed by atoms with Crippen molar-refractivity contribution in [2.24, 2.45) is 0 Å². The molecule has 0 atom stereocenters. The summed E-state index contributed by atoms with van der Waals surface area (Å²) in [5.74, 6) is 0. The Bertz CT molecular complexity index is 1330. The number of halogens is 2. The number of rotatable bonds is 3. The molecule has 0 aliphatic carbocycles. The molecule has 1 fully saturated rings. The van der Waals surface area contributed by atoms with Gasteiger partial charge in [0, 0.05) is 39.4 Å². The maximum Gasteiger partial charge on any atom is 0.414 e. The Morgan fingerprint density at radius 3 is 2.50 bits per heavy atom. The number of anilines is 1. The number of amides is 1. The minimum absolute atomic E-state index is 0.142. The smallest absolute Gasteiger partial charge is 0.414 e. The molecule has 1 saturated heterocycles. The standard InChI is InChI=1S/C22H20Cl2N2O4S2/c1-13-18-11-16(24)3-5-20(18)31-21(13)32(28,29)25-8-6-17(7-9-25)26-19-4-2-15(23)10-14(19)12-30-22(26)27/h2-5,10-11,17H,6-9,12H2,1H3. The molecule has 0 bridgehead atoms. The SMILES string of the molecule is Cc1c(S(=O)(=O)N2CCC(N3C(=O)OCc4cc(Cl)ccc43)CC2)sc2ccc(Cl)cc12. The molecule has 3 heterocycles. The van der Waals surface area contributed by atoms with Crippen LogP contribution in [0.2, 0.25) is 10.0 Å². The van der Waals surface area contributed by atoms with Crippen LogP contribution in [0.1, 0.15) is 24.0 Å². The van der Waals surface area contributed by atoms with Crippen molar-refractivity contribution in [3.05, 3.63) is 57.6 Å². The Morgan fingerprint density at radius 2 is 1.75 bits per heavy atom. The number of fused-ring (bicyclic) bond motifs is 2. The fraction of sp³-hybridized carbons (Fsp3) is 0.318. The zero-order valence-corrected chi connectivity index (χ0v) is 20.3. The number of piperidine rings is 1. The number of carbonyl (C=O) groups excluding carboxylic acids is 1. The lowest BCUT2D eigenvalue weighted by atomic mass is 10.0. The van der Waals surface area contributed by atoms with Crippen LogP contribution in [0.15, 0.2) is 40.6 Å². The third-order valence-electron chi connectivity index (χ3n) is 6.07. The van der Waals surface area contributed by atoms with E-state index in [0.717, 1.165) is 26.9 Å². The zero-order valence-electron chi connectivity index (χ0n) is 17.2. The summed E-state index contributed by atoms with van der Waals surface area (Å²) < 4.78 is 35.0. The van der Waals surface area contributed by atoms with Gasteiger partial charge in [0.25, 0.3) is 10.0 Å². The number of thiophene rings is 1. The average Bonchev–Trinajstić information content (AvgIpc) is 3.10. The number of carbonyl (C=O) groups is 1. The van der Waals surface area contributed by atoms with Crippen molar-refractivity contribution in [2.75, 3.05) is 18.0 Å². The monoisotopic (exact) mass is 510 g/mol. The lowest BCUT2D eigenvalue weighted by molar-refractivity contribution is 0.136. The quantitative estimate of drug-likeness (QED) is 0.444. The Morgan fingerprint density at radius 1 is 1.06 bits per heavy atom. The first-order valence-electron chi connectivity index (χ1n) is 10.2. The molecule has 0 radical (unpaired) electrons. The molecule has 3 aromatic rings. The topological polar surface area (TPSA) is 66.9 Å². The highest BCUT2D eigenvalue weighted by molar-refractivity contribution is 7.91. The summed E-state index contributed by atoms with van der Waals surface area (Å²) >= 11 is 13.5. The molecule has 32 heavy (non-hydrogen) atoms. The molecule has 0 spiro atoms. The summed E-state index contributed by atoms with van der Waals surface area (Å²) in [6.45, 7) is 2.66. The van der Waals surface area contributed by atoms with Gasteiger partial charge >= 0.3 is 6.09 Å². The van der Waals surface area contributed by atoms with Gasteiger partial charge in [-0.1, -0.05) is 23.2 Å². The lowest BCUT2D eigenvalue weighted by Crippen LogP contribution is -2.50. The van der Waals surface area contributed by atoms with E-state index in [-0.39, 0.29) is 12.6 Å². The second-order valence-corrected chi connectivity index (χ2v) is 12.0. The number of benzene rings is 2. The highest BCUT2D eigenvalue weighted by Crippen LogP contribution is 2.39. The fourth-order valence-corrected chi connectivity index (χ4v) is 8.15. The summed E-state index contributed by atoms with van der Waals surface area (Å²) in [7, 11) is -3.64. The van der Waals surface area contributed by atoms with E-state index in [2.05, 4.69) is 0 Å². The van der Waals surface area contributed by atoms with Gasteiger partial charge in [0.2, 0.25) is 0 Å². The normalized spacial score (nSPS) is 18.1. The molecular weight excluding hydrogens is 491 g/mol. The van der Waals surface area contributed by atoms with Crippen LogP contribution in [0.5, 0.6) is 0 Å². The Labute approximate surface area is 200 Å². The average molecular weight is 511 g/mol. The molecule has 6 nitrogen and oxygen atoms in total. The Kier molecular flexibility index (Phi) is 5.62. The van der Waals surface area contributed by atoms with Crippen molar-refractivity contribution in [2.45, 2.75) is 36.6 Å². The van der Waals surface area contributed by atoms with E-state index >= 15 is 0 Å². The van der Waals surface area contributed by atoms with Gasteiger partial charge in [-0.2, -0.15) is 4.31 Å². The summed E-state index contributed by atoms with van der Waals surface area (Å²) in [5, 5.41) is 2.03. The molecule has 2 aromatic carbocycles. The Hall–Kier alpha value is -1.84. The van der Waals surface area contributed by atoms with Gasteiger partial charge in [-0.3, -0.25) is 4.90 Å². The molecule has 168 valence electrons. The summed E-state index contributed by atoms with van der Waals surface area (Å²) in [4.78, 5) is 14.2. The van der Waals surface area contributed by atoms with Gasteiger partial charge < -0.3 is 4.74 Å². The second-order valence-electron chi connectivity index (χ2n) is 7.99. The molecule has 1 amide bonds. The van der Waals surface area contributed by atoms with E-state index in [1.807, 2.05) is 19.1 Å². The summed E-state index contributed by atoms with van der Waals surface area (Å²) in [6.07, 6.45) is 0.636. The molecule has 0 N–H and O–H groups in total. The first-order valence-corrected chi connectivity index (χ1v) is 13.2. The molecule has 0 saturated carbocycles. The van der Waals surface area contributed by atoms with Crippen molar-refractivity contribution < 1.29 is 17.9 Å². The largest absolute Gasteiger partial charge is 0.444 e. The molecule has 1 aromatic heterocycles. The molecule has 0 unspecified atom stereocenters. The highest BCUT2D eigenvalue weighted by Gasteiger charge is 2.38. The van der Waals surface area contributed by atoms with E-state index in [0.29, 0.717) is 40.2 Å². The van der Waals surface area contributed by atoms with Crippen molar-refractivity contribution in [3.63, 3.8) is 0 Å². The number of hydrogen-bond donors (Lipinski definition) is 0. The predicted molar refractivity (Wildman–Crippen MR) is 127 cm³/mol. The van der Waals surface area contributed by atoms with E-state index in [1.54, 1.807) is 29.2 Å². The third kappa shape index (κ3) is 3.68. The molecular formula is C22H20Cl2N2O4S2. The van der Waals surface area contributed by atoms with Gasteiger partial charge in [0.05, 0.1) is 5.69 Å². The van der Waals surface area contributed by atoms with Crippen LogP contribution in [0.3, 0.4) is 0 Å². The molecule has 5 rings (SSSR count). The Balaban J connectivity index is 1.38. The minimum Gasteiger partial charge on any atom is -0.444 e. The van der Waals surface area contributed by atoms with Crippen LogP contribution in [-0.2, 0) is 21.4 Å². The number of hydrogen-bond acceptors (Lipinski definition) is 5. The van der Waals surface area contributed by atoms with E-state index < -0.39 is 16.1 Å². The van der Waals surface area contributed by atoms with Crippen molar-refractivity contribution in [3.8, 4) is 0 Å². The highest BCUT2D eigenvalue weighted by atomic mass is 35.5. The van der Waals surface area contributed by atoms with Crippen LogP contribution >= 0.6 is 34.5 Å². The number of ether oxygens (including phenoxy) is 1. The van der Waals surface area contributed by atoms with Gasteiger partial charge in [0.1, 0.15) is 10.8 Å². The van der Waals surface area contributed by atoms with Gasteiger partial charge in [-0.25, -0.2) is 13.2 Å². The van der Waals surface area contributed by atoms with Gasteiger partial charge in [-0.15, -0.1) is 11.3 Å². The van der Waals surface area contributed by atoms with E-state index in [4.69, 9.17) is 27.9 Å². The summed E-state index contributed by atoms with van der Waals surface area (Å²) in [5.41, 5.74) is 2.36. The molecule has 10 heteroatoms. The van der Waals surface area contributed by atoms with Crippen molar-refractivity contribution >= 4 is 66.4 Å². The number of aryl methyl sites for hydroxylation is 1. The molecule has 2 aliphatic rings. The van der Waals surface area contributed by atoms with Gasteiger partial charge in [0.15, 0.2) is 0 Å². The van der Waals surface area contributed by atoms with Crippen LogP contribution in [0.4, 0.5) is 10.5 Å².